The molecule has 1 aliphatic rings. The number of ether oxygens (including phenoxy) is 1. The van der Waals surface area contributed by atoms with Crippen molar-refractivity contribution in [1.82, 2.24) is 9.88 Å². The predicted molar refractivity (Wildman–Crippen MR) is 117 cm³/mol. The highest BCUT2D eigenvalue weighted by Crippen LogP contribution is 2.24. The second-order valence-electron chi connectivity index (χ2n) is 7.41. The lowest BCUT2D eigenvalue weighted by Crippen LogP contribution is -2.35. The molecule has 0 aliphatic carbocycles. The Morgan fingerprint density at radius 3 is 2.53 bits per heavy atom. The number of amides is 2. The molecule has 1 saturated heterocycles. The van der Waals surface area contributed by atoms with E-state index in [0.717, 1.165) is 49.7 Å². The van der Waals surface area contributed by atoms with Crippen molar-refractivity contribution in [2.24, 2.45) is 0 Å². The summed E-state index contributed by atoms with van der Waals surface area (Å²) in [7, 11) is 0. The lowest BCUT2D eigenvalue weighted by atomic mass is 10.1. The molecule has 6 heteroatoms. The Balaban J connectivity index is 1.47. The van der Waals surface area contributed by atoms with Gasteiger partial charge < -0.3 is 15.0 Å². The summed E-state index contributed by atoms with van der Waals surface area (Å²) in [6.45, 7) is 1.48. The first-order chi connectivity index (χ1) is 14.7. The standard InChI is InChI=1S/C24H25N3O3/c28-22(27-15-5-1-2-6-16-27)17-30-21-13-4-3-11-19(21)24(29)26-20-12-7-9-18-10-8-14-25-23(18)20/h3-4,7-14H,1-2,5-6,15-17H2,(H,26,29). The fourth-order valence-electron chi connectivity index (χ4n) is 3.73. The second kappa shape index (κ2) is 9.39. The highest BCUT2D eigenvalue weighted by molar-refractivity contribution is 6.09. The molecule has 2 aromatic carbocycles. The summed E-state index contributed by atoms with van der Waals surface area (Å²) in [5, 5.41) is 3.87. The third-order valence-corrected chi connectivity index (χ3v) is 5.32. The first kappa shape index (κ1) is 19.9. The first-order valence-electron chi connectivity index (χ1n) is 10.4. The largest absolute Gasteiger partial charge is 0.483 e. The van der Waals surface area contributed by atoms with Gasteiger partial charge in [0.25, 0.3) is 11.8 Å². The minimum Gasteiger partial charge on any atom is -0.483 e. The zero-order chi connectivity index (χ0) is 20.8. The van der Waals surface area contributed by atoms with Crippen molar-refractivity contribution in [3.8, 4) is 5.75 Å². The van der Waals surface area contributed by atoms with E-state index < -0.39 is 0 Å². The maximum absolute atomic E-state index is 13.0. The van der Waals surface area contributed by atoms with Crippen LogP contribution in [-0.4, -0.2) is 41.4 Å². The molecule has 2 heterocycles. The third-order valence-electron chi connectivity index (χ3n) is 5.32. The molecule has 154 valence electrons. The van der Waals surface area contributed by atoms with E-state index in [-0.39, 0.29) is 18.4 Å². The van der Waals surface area contributed by atoms with Crippen molar-refractivity contribution in [2.45, 2.75) is 25.7 Å². The van der Waals surface area contributed by atoms with E-state index in [1.54, 1.807) is 30.5 Å². The predicted octanol–water partition coefficient (Wildman–Crippen LogP) is 4.27. The highest BCUT2D eigenvalue weighted by atomic mass is 16.5. The van der Waals surface area contributed by atoms with E-state index in [0.29, 0.717) is 17.0 Å². The molecular formula is C24H25N3O3. The number of nitrogens with one attached hydrogen (secondary N) is 1. The second-order valence-corrected chi connectivity index (χ2v) is 7.41. The average Bonchev–Trinajstić information content (AvgIpc) is 3.08. The molecule has 2 amide bonds. The molecule has 1 N–H and O–H groups in total. The van der Waals surface area contributed by atoms with Gasteiger partial charge in [0.15, 0.2) is 6.61 Å². The zero-order valence-electron chi connectivity index (χ0n) is 16.8. The smallest absolute Gasteiger partial charge is 0.260 e. The van der Waals surface area contributed by atoms with Gasteiger partial charge in [0.2, 0.25) is 0 Å². The molecule has 0 unspecified atom stereocenters. The number of para-hydroxylation sites is 2. The number of aromatic nitrogens is 1. The van der Waals surface area contributed by atoms with Gasteiger partial charge in [0, 0.05) is 24.7 Å². The Hall–Kier alpha value is -3.41. The van der Waals surface area contributed by atoms with Crippen LogP contribution >= 0.6 is 0 Å². The van der Waals surface area contributed by atoms with Gasteiger partial charge in [-0.1, -0.05) is 43.2 Å². The lowest BCUT2D eigenvalue weighted by Gasteiger charge is -2.20. The number of anilines is 1. The number of nitrogens with zero attached hydrogens (tertiary/aromatic N) is 2. The van der Waals surface area contributed by atoms with Crippen molar-refractivity contribution in [3.63, 3.8) is 0 Å². The number of rotatable bonds is 5. The molecule has 1 fully saturated rings. The van der Waals surface area contributed by atoms with E-state index in [4.69, 9.17) is 4.74 Å². The fraction of sp³-hybridized carbons (Fsp3) is 0.292. The van der Waals surface area contributed by atoms with Crippen molar-refractivity contribution in [3.05, 3.63) is 66.4 Å². The Labute approximate surface area is 175 Å². The molecule has 0 radical (unpaired) electrons. The molecule has 1 aliphatic heterocycles. The summed E-state index contributed by atoms with van der Waals surface area (Å²) in [4.78, 5) is 31.7. The van der Waals surface area contributed by atoms with Crippen LogP contribution in [0.15, 0.2) is 60.8 Å². The summed E-state index contributed by atoms with van der Waals surface area (Å²) in [5.41, 5.74) is 1.74. The van der Waals surface area contributed by atoms with Gasteiger partial charge in [-0.2, -0.15) is 0 Å². The number of carbonyl (C=O) groups excluding carboxylic acids is 2. The molecule has 0 spiro atoms. The van der Waals surface area contributed by atoms with Crippen LogP contribution in [0.5, 0.6) is 5.75 Å². The zero-order valence-corrected chi connectivity index (χ0v) is 16.8. The van der Waals surface area contributed by atoms with Crippen LogP contribution in [0, 0.1) is 0 Å². The SMILES string of the molecule is O=C(Nc1cccc2cccnc12)c1ccccc1OCC(=O)N1CCCCCC1. The summed E-state index contributed by atoms with van der Waals surface area (Å²) in [6.07, 6.45) is 6.09. The van der Waals surface area contributed by atoms with E-state index >= 15 is 0 Å². The molecule has 0 atom stereocenters. The first-order valence-corrected chi connectivity index (χ1v) is 10.4. The van der Waals surface area contributed by atoms with Crippen LogP contribution in [0.4, 0.5) is 5.69 Å². The highest BCUT2D eigenvalue weighted by Gasteiger charge is 2.18. The van der Waals surface area contributed by atoms with Gasteiger partial charge in [-0.25, -0.2) is 0 Å². The van der Waals surface area contributed by atoms with Gasteiger partial charge in [-0.3, -0.25) is 14.6 Å². The Kier molecular flexibility index (Phi) is 6.23. The molecule has 3 aromatic rings. The van der Waals surface area contributed by atoms with Crippen LogP contribution < -0.4 is 10.1 Å². The van der Waals surface area contributed by atoms with E-state index in [9.17, 15) is 9.59 Å². The van der Waals surface area contributed by atoms with Crippen molar-refractivity contribution in [2.75, 3.05) is 25.0 Å². The number of hydrogen-bond acceptors (Lipinski definition) is 4. The van der Waals surface area contributed by atoms with Crippen molar-refractivity contribution < 1.29 is 14.3 Å². The van der Waals surface area contributed by atoms with Gasteiger partial charge in [-0.15, -0.1) is 0 Å². The van der Waals surface area contributed by atoms with E-state index in [2.05, 4.69) is 10.3 Å². The summed E-state index contributed by atoms with van der Waals surface area (Å²) in [5.74, 6) is 0.0581. The Morgan fingerprint density at radius 1 is 0.933 bits per heavy atom. The maximum atomic E-state index is 13.0. The molecular weight excluding hydrogens is 378 g/mol. The van der Waals surface area contributed by atoms with Gasteiger partial charge in [-0.05, 0) is 37.1 Å². The topological polar surface area (TPSA) is 71.5 Å². The van der Waals surface area contributed by atoms with Crippen LogP contribution in [0.2, 0.25) is 0 Å². The number of pyridine rings is 1. The van der Waals surface area contributed by atoms with Crippen molar-refractivity contribution in [1.29, 1.82) is 0 Å². The maximum Gasteiger partial charge on any atom is 0.260 e. The number of likely N-dealkylation sites (tertiary alicyclic amines) is 1. The monoisotopic (exact) mass is 403 g/mol. The molecule has 30 heavy (non-hydrogen) atoms. The number of hydrogen-bond donors (Lipinski definition) is 1. The van der Waals surface area contributed by atoms with Crippen molar-refractivity contribution >= 4 is 28.4 Å². The molecule has 0 bridgehead atoms. The van der Waals surface area contributed by atoms with E-state index in [1.165, 1.54) is 0 Å². The molecule has 0 saturated carbocycles. The number of carbonyl (C=O) groups is 2. The van der Waals surface area contributed by atoms with Crippen LogP contribution in [0.3, 0.4) is 0 Å². The van der Waals surface area contributed by atoms with Crippen LogP contribution in [-0.2, 0) is 4.79 Å². The quantitative estimate of drug-likeness (QED) is 0.691. The van der Waals surface area contributed by atoms with Gasteiger partial charge in [0.05, 0.1) is 16.8 Å². The minimum absolute atomic E-state index is 0.0367. The van der Waals surface area contributed by atoms with E-state index in [1.807, 2.05) is 35.2 Å². The van der Waals surface area contributed by atoms with Gasteiger partial charge >= 0.3 is 0 Å². The summed E-state index contributed by atoms with van der Waals surface area (Å²) in [6, 6.07) is 16.4. The average molecular weight is 403 g/mol. The van der Waals surface area contributed by atoms with Crippen LogP contribution in [0.25, 0.3) is 10.9 Å². The Morgan fingerprint density at radius 2 is 1.70 bits per heavy atom. The van der Waals surface area contributed by atoms with Gasteiger partial charge in [0.1, 0.15) is 5.75 Å². The lowest BCUT2D eigenvalue weighted by molar-refractivity contribution is -0.133. The normalized spacial score (nSPS) is 14.2. The number of benzene rings is 2. The summed E-state index contributed by atoms with van der Waals surface area (Å²) < 4.78 is 5.77. The summed E-state index contributed by atoms with van der Waals surface area (Å²) >= 11 is 0. The third kappa shape index (κ3) is 4.59. The minimum atomic E-state index is -0.300. The Bertz CT molecular complexity index is 1040. The molecule has 4 rings (SSSR count). The fourth-order valence-corrected chi connectivity index (χ4v) is 3.73. The molecule has 6 nitrogen and oxygen atoms in total. The molecule has 1 aromatic heterocycles. The van der Waals surface area contributed by atoms with Crippen LogP contribution in [0.1, 0.15) is 36.0 Å². The number of fused-ring (bicyclic) bond motifs is 1.